The van der Waals surface area contributed by atoms with Crippen molar-refractivity contribution in [3.8, 4) is 5.75 Å². The second-order valence-corrected chi connectivity index (χ2v) is 6.20. The third kappa shape index (κ3) is 5.13. The number of aryl methyl sites for hydroxylation is 1. The van der Waals surface area contributed by atoms with Crippen LogP contribution in [0.25, 0.3) is 0 Å². The molecule has 0 aromatic heterocycles. The van der Waals surface area contributed by atoms with Gasteiger partial charge in [-0.2, -0.15) is 18.3 Å². The first-order chi connectivity index (χ1) is 13.4. The molecule has 0 fully saturated rings. The highest BCUT2D eigenvalue weighted by molar-refractivity contribution is 5.84. The summed E-state index contributed by atoms with van der Waals surface area (Å²) in [5.41, 5.74) is 5.09. The predicted molar refractivity (Wildman–Crippen MR) is 105 cm³/mol. The van der Waals surface area contributed by atoms with E-state index in [1.807, 2.05) is 55.5 Å². The van der Waals surface area contributed by atoms with Crippen LogP contribution < -0.4 is 10.2 Å². The summed E-state index contributed by atoms with van der Waals surface area (Å²) in [7, 11) is 0. The maximum Gasteiger partial charge on any atom is 0.416 e. The fourth-order valence-electron chi connectivity index (χ4n) is 2.59. The Morgan fingerprint density at radius 2 is 1.71 bits per heavy atom. The number of hydrogen-bond donors (Lipinski definition) is 1. The molecule has 0 spiro atoms. The van der Waals surface area contributed by atoms with Gasteiger partial charge in [0.1, 0.15) is 12.4 Å². The topological polar surface area (TPSA) is 33.6 Å². The minimum atomic E-state index is -4.39. The Morgan fingerprint density at radius 3 is 2.50 bits per heavy atom. The highest BCUT2D eigenvalue weighted by atomic mass is 19.4. The van der Waals surface area contributed by atoms with Crippen LogP contribution in [0.2, 0.25) is 0 Å². The molecule has 0 saturated heterocycles. The number of hydrazone groups is 1. The van der Waals surface area contributed by atoms with Crippen LogP contribution in [-0.4, -0.2) is 6.21 Å². The summed E-state index contributed by atoms with van der Waals surface area (Å²) < 4.78 is 44.2. The minimum Gasteiger partial charge on any atom is -0.488 e. The third-order valence-electron chi connectivity index (χ3n) is 4.15. The molecule has 3 aromatic carbocycles. The number of alkyl halides is 3. The molecule has 0 saturated carbocycles. The van der Waals surface area contributed by atoms with Crippen molar-refractivity contribution < 1.29 is 17.9 Å². The van der Waals surface area contributed by atoms with E-state index in [1.54, 1.807) is 0 Å². The summed E-state index contributed by atoms with van der Waals surface area (Å²) in [5, 5.41) is 4.05. The van der Waals surface area contributed by atoms with E-state index in [-0.39, 0.29) is 5.69 Å². The lowest BCUT2D eigenvalue weighted by atomic mass is 10.1. The predicted octanol–water partition coefficient (Wildman–Crippen LogP) is 6.04. The first kappa shape index (κ1) is 19.5. The van der Waals surface area contributed by atoms with E-state index in [1.165, 1.54) is 18.3 Å². The minimum absolute atomic E-state index is 0.254. The van der Waals surface area contributed by atoms with Crippen LogP contribution in [0.15, 0.2) is 77.9 Å². The zero-order valence-electron chi connectivity index (χ0n) is 15.2. The number of ether oxygens (including phenoxy) is 1. The molecule has 6 heteroatoms. The molecule has 3 aromatic rings. The van der Waals surface area contributed by atoms with Gasteiger partial charge in [0.15, 0.2) is 0 Å². The first-order valence-corrected chi connectivity index (χ1v) is 8.66. The largest absolute Gasteiger partial charge is 0.488 e. The van der Waals surface area contributed by atoms with Crippen molar-refractivity contribution in [2.45, 2.75) is 19.7 Å². The second-order valence-electron chi connectivity index (χ2n) is 6.20. The SMILES string of the molecule is Cc1ccccc1COc1ccccc1C=NNc1cccc(C(F)(F)F)c1. The average Bonchev–Trinajstić information content (AvgIpc) is 2.68. The Labute approximate surface area is 161 Å². The molecule has 0 bridgehead atoms. The van der Waals surface area contributed by atoms with Crippen molar-refractivity contribution in [2.24, 2.45) is 5.10 Å². The molecule has 0 unspecified atom stereocenters. The zero-order chi connectivity index (χ0) is 20.0. The van der Waals surface area contributed by atoms with Crippen molar-refractivity contribution >= 4 is 11.9 Å². The number of halogens is 3. The van der Waals surface area contributed by atoms with Gasteiger partial charge in [0.25, 0.3) is 0 Å². The standard InChI is InChI=1S/C22H19F3N2O/c1-16-7-2-3-9-18(16)15-28-21-12-5-4-8-17(21)14-26-27-20-11-6-10-19(13-20)22(23,24)25/h2-14,27H,15H2,1H3. The van der Waals surface area contributed by atoms with E-state index in [2.05, 4.69) is 10.5 Å². The smallest absolute Gasteiger partial charge is 0.416 e. The maximum atomic E-state index is 12.8. The molecule has 0 aliphatic heterocycles. The number of hydrogen-bond acceptors (Lipinski definition) is 3. The molecule has 3 rings (SSSR count). The van der Waals surface area contributed by atoms with Crippen LogP contribution in [0.5, 0.6) is 5.75 Å². The summed E-state index contributed by atoms with van der Waals surface area (Å²) in [6, 6.07) is 20.2. The fraction of sp³-hybridized carbons (Fsp3) is 0.136. The lowest BCUT2D eigenvalue weighted by molar-refractivity contribution is -0.137. The van der Waals surface area contributed by atoms with Crippen molar-refractivity contribution in [1.82, 2.24) is 0 Å². The molecule has 0 heterocycles. The third-order valence-corrected chi connectivity index (χ3v) is 4.15. The summed E-state index contributed by atoms with van der Waals surface area (Å²) in [6.45, 7) is 2.43. The van der Waals surface area contributed by atoms with Gasteiger partial charge in [-0.3, -0.25) is 5.43 Å². The number of nitrogens with zero attached hydrogens (tertiary/aromatic N) is 1. The van der Waals surface area contributed by atoms with Crippen LogP contribution in [0.4, 0.5) is 18.9 Å². The Bertz CT molecular complexity index is 968. The molecule has 1 N–H and O–H groups in total. The van der Waals surface area contributed by atoms with Gasteiger partial charge in [-0.05, 0) is 48.4 Å². The molecule has 144 valence electrons. The van der Waals surface area contributed by atoms with E-state index in [4.69, 9.17) is 4.74 Å². The number of anilines is 1. The zero-order valence-corrected chi connectivity index (χ0v) is 15.2. The van der Waals surface area contributed by atoms with Gasteiger partial charge in [0, 0.05) is 5.56 Å². The monoisotopic (exact) mass is 384 g/mol. The van der Waals surface area contributed by atoms with Gasteiger partial charge in [0.2, 0.25) is 0 Å². The van der Waals surface area contributed by atoms with E-state index >= 15 is 0 Å². The molecule has 0 radical (unpaired) electrons. The Balaban J connectivity index is 1.69. The number of benzene rings is 3. The Hall–Kier alpha value is -3.28. The molecular formula is C22H19F3N2O. The number of para-hydroxylation sites is 1. The number of nitrogens with one attached hydrogen (secondary N) is 1. The van der Waals surface area contributed by atoms with E-state index in [9.17, 15) is 13.2 Å². The molecular weight excluding hydrogens is 365 g/mol. The highest BCUT2D eigenvalue weighted by Crippen LogP contribution is 2.30. The maximum absolute atomic E-state index is 12.8. The summed E-state index contributed by atoms with van der Waals surface area (Å²) >= 11 is 0. The molecule has 3 nitrogen and oxygen atoms in total. The summed E-state index contributed by atoms with van der Waals surface area (Å²) in [4.78, 5) is 0. The van der Waals surface area contributed by atoms with Gasteiger partial charge in [0.05, 0.1) is 17.5 Å². The van der Waals surface area contributed by atoms with Gasteiger partial charge in [-0.15, -0.1) is 0 Å². The molecule has 0 atom stereocenters. The van der Waals surface area contributed by atoms with E-state index < -0.39 is 11.7 Å². The summed E-state index contributed by atoms with van der Waals surface area (Å²) in [6.07, 6.45) is -2.87. The van der Waals surface area contributed by atoms with Gasteiger partial charge in [-0.1, -0.05) is 42.5 Å². The van der Waals surface area contributed by atoms with E-state index in [0.717, 1.165) is 28.8 Å². The van der Waals surface area contributed by atoms with Crippen LogP contribution in [0, 0.1) is 6.92 Å². The summed E-state index contributed by atoms with van der Waals surface area (Å²) in [5.74, 6) is 0.639. The van der Waals surface area contributed by atoms with Crippen LogP contribution >= 0.6 is 0 Å². The first-order valence-electron chi connectivity index (χ1n) is 8.66. The van der Waals surface area contributed by atoms with Crippen LogP contribution in [0.1, 0.15) is 22.3 Å². The van der Waals surface area contributed by atoms with Crippen LogP contribution in [-0.2, 0) is 12.8 Å². The lowest BCUT2D eigenvalue weighted by Gasteiger charge is -2.11. The number of rotatable bonds is 6. The lowest BCUT2D eigenvalue weighted by Crippen LogP contribution is -2.05. The van der Waals surface area contributed by atoms with Crippen LogP contribution in [0.3, 0.4) is 0 Å². The van der Waals surface area contributed by atoms with Crippen molar-refractivity contribution in [3.05, 3.63) is 95.1 Å². The quantitative estimate of drug-likeness (QED) is 0.415. The fourth-order valence-corrected chi connectivity index (χ4v) is 2.59. The average molecular weight is 384 g/mol. The second kappa shape index (κ2) is 8.61. The van der Waals surface area contributed by atoms with Gasteiger partial charge < -0.3 is 4.74 Å². The van der Waals surface area contributed by atoms with Crippen molar-refractivity contribution in [1.29, 1.82) is 0 Å². The van der Waals surface area contributed by atoms with Gasteiger partial charge >= 0.3 is 6.18 Å². The molecule has 0 aliphatic rings. The Morgan fingerprint density at radius 1 is 0.964 bits per heavy atom. The van der Waals surface area contributed by atoms with Gasteiger partial charge in [-0.25, -0.2) is 0 Å². The normalized spacial score (nSPS) is 11.6. The molecule has 0 aliphatic carbocycles. The molecule has 0 amide bonds. The molecule has 28 heavy (non-hydrogen) atoms. The van der Waals surface area contributed by atoms with Crippen molar-refractivity contribution in [3.63, 3.8) is 0 Å². The van der Waals surface area contributed by atoms with E-state index in [0.29, 0.717) is 12.4 Å². The Kier molecular flexibility index (Phi) is 5.99. The van der Waals surface area contributed by atoms with Crippen molar-refractivity contribution in [2.75, 3.05) is 5.43 Å². The highest BCUT2D eigenvalue weighted by Gasteiger charge is 2.30.